The van der Waals surface area contributed by atoms with E-state index < -0.39 is 11.5 Å². The smallest absolute Gasteiger partial charge is 0.194 e. The molecule has 0 aromatic rings. The molecule has 31 heavy (non-hydrogen) atoms. The Balaban J connectivity index is 1.92. The molecule has 4 aliphatic rings. The van der Waals surface area contributed by atoms with Crippen LogP contribution >= 0.6 is 0 Å². The lowest BCUT2D eigenvalue weighted by Gasteiger charge is -2.37. The molecule has 0 aromatic carbocycles. The summed E-state index contributed by atoms with van der Waals surface area (Å²) < 4.78 is 6.25. The summed E-state index contributed by atoms with van der Waals surface area (Å²) in [5.41, 5.74) is 1.13. The van der Waals surface area contributed by atoms with Crippen LogP contribution in [0.25, 0.3) is 0 Å². The van der Waals surface area contributed by atoms with Crippen LogP contribution in [0.2, 0.25) is 0 Å². The van der Waals surface area contributed by atoms with Crippen LogP contribution in [0.3, 0.4) is 0 Å². The first-order chi connectivity index (χ1) is 14.6. The van der Waals surface area contributed by atoms with Gasteiger partial charge in [-0.25, -0.2) is 4.99 Å². The van der Waals surface area contributed by atoms with E-state index in [1.165, 1.54) is 0 Å². The highest BCUT2D eigenvalue weighted by atomic mass is 16.5. The molecule has 0 amide bonds. The SMILES string of the molecule is C/C=C\N=C(/CC)OC1=C2[C@H](O)C(CO)=C[C@@H]3C(=O)[C@]2(C=C1C)[C@H](C)CC1C3C1(C)C. The van der Waals surface area contributed by atoms with E-state index in [9.17, 15) is 15.0 Å². The molecule has 0 saturated heterocycles. The third kappa shape index (κ3) is 3.04. The molecule has 0 heterocycles. The molecule has 2 unspecified atom stereocenters. The van der Waals surface area contributed by atoms with Crippen molar-refractivity contribution >= 4 is 11.7 Å². The second kappa shape index (κ2) is 7.56. The molecule has 4 aliphatic carbocycles. The minimum atomic E-state index is -1.05. The first kappa shape index (κ1) is 22.2. The Morgan fingerprint density at radius 3 is 2.71 bits per heavy atom. The van der Waals surface area contributed by atoms with Crippen molar-refractivity contribution in [2.75, 3.05) is 6.61 Å². The van der Waals surface area contributed by atoms with E-state index in [-0.39, 0.29) is 35.6 Å². The van der Waals surface area contributed by atoms with Gasteiger partial charge < -0.3 is 14.9 Å². The van der Waals surface area contributed by atoms with Gasteiger partial charge in [0.1, 0.15) is 11.9 Å². The Labute approximate surface area is 185 Å². The molecule has 2 bridgehead atoms. The van der Waals surface area contributed by atoms with E-state index >= 15 is 0 Å². The van der Waals surface area contributed by atoms with E-state index in [0.717, 1.165) is 12.0 Å². The topological polar surface area (TPSA) is 79.1 Å². The van der Waals surface area contributed by atoms with Crippen molar-refractivity contribution in [2.24, 2.45) is 39.5 Å². The Morgan fingerprint density at radius 2 is 2.10 bits per heavy atom. The van der Waals surface area contributed by atoms with Crippen LogP contribution in [-0.4, -0.2) is 34.6 Å². The van der Waals surface area contributed by atoms with Crippen LogP contribution in [0.4, 0.5) is 0 Å². The Morgan fingerprint density at radius 1 is 1.39 bits per heavy atom. The predicted molar refractivity (Wildman–Crippen MR) is 121 cm³/mol. The monoisotopic (exact) mass is 425 g/mol. The first-order valence-corrected chi connectivity index (χ1v) is 11.5. The Hall–Kier alpha value is -1.98. The van der Waals surface area contributed by atoms with Crippen molar-refractivity contribution in [1.82, 2.24) is 0 Å². The normalized spacial score (nSPS) is 38.9. The predicted octanol–water partition coefficient (Wildman–Crippen LogP) is 4.34. The van der Waals surface area contributed by atoms with Crippen LogP contribution in [0, 0.1) is 34.5 Å². The molecule has 0 aliphatic heterocycles. The van der Waals surface area contributed by atoms with Crippen molar-refractivity contribution in [3.05, 3.63) is 46.9 Å². The van der Waals surface area contributed by atoms with Crippen LogP contribution in [0.15, 0.2) is 51.9 Å². The lowest BCUT2D eigenvalue weighted by atomic mass is 9.64. The fraction of sp³-hybridized carbons (Fsp3) is 0.615. The number of Topliss-reactive ketones (excluding diaryl/α,β-unsaturated/α-hetero) is 1. The quantitative estimate of drug-likeness (QED) is 0.399. The van der Waals surface area contributed by atoms with Crippen molar-refractivity contribution in [1.29, 1.82) is 0 Å². The number of carbonyl (C=O) groups is 1. The molecule has 2 saturated carbocycles. The first-order valence-electron chi connectivity index (χ1n) is 11.5. The fourth-order valence-electron chi connectivity index (χ4n) is 6.47. The summed E-state index contributed by atoms with van der Waals surface area (Å²) in [4.78, 5) is 18.6. The van der Waals surface area contributed by atoms with Crippen LogP contribution in [0.1, 0.15) is 54.4 Å². The number of aliphatic hydroxyl groups is 2. The van der Waals surface area contributed by atoms with Gasteiger partial charge in [-0.1, -0.05) is 45.9 Å². The van der Waals surface area contributed by atoms with Gasteiger partial charge in [0.25, 0.3) is 0 Å². The summed E-state index contributed by atoms with van der Waals surface area (Å²) in [5.74, 6) is 1.64. The van der Waals surface area contributed by atoms with Crippen molar-refractivity contribution in [3.8, 4) is 0 Å². The zero-order chi connectivity index (χ0) is 22.7. The van der Waals surface area contributed by atoms with Crippen molar-refractivity contribution in [3.63, 3.8) is 0 Å². The molecule has 2 N–H and O–H groups in total. The largest absolute Gasteiger partial charge is 0.443 e. The van der Waals surface area contributed by atoms with Crippen LogP contribution in [0.5, 0.6) is 0 Å². The number of hydrogen-bond donors (Lipinski definition) is 2. The summed E-state index contributed by atoms with van der Waals surface area (Å²) in [6, 6.07) is 0. The zero-order valence-electron chi connectivity index (χ0n) is 19.5. The van der Waals surface area contributed by atoms with Gasteiger partial charge in [-0.05, 0) is 54.6 Å². The third-order valence-corrected chi connectivity index (χ3v) is 8.20. The Bertz CT molecular complexity index is 950. The number of ether oxygens (including phenoxy) is 1. The molecule has 5 heteroatoms. The molecule has 6 atom stereocenters. The minimum absolute atomic E-state index is 0.0315. The second-order valence-electron chi connectivity index (χ2n) is 10.2. The van der Waals surface area contributed by atoms with E-state index in [0.29, 0.717) is 35.1 Å². The maximum Gasteiger partial charge on any atom is 0.194 e. The van der Waals surface area contributed by atoms with Gasteiger partial charge >= 0.3 is 0 Å². The van der Waals surface area contributed by atoms with Gasteiger partial charge in [-0.15, -0.1) is 0 Å². The number of ketones is 1. The number of aliphatic imine (C=N–C) groups is 1. The molecule has 1 spiro atoms. The van der Waals surface area contributed by atoms with Crippen LogP contribution in [-0.2, 0) is 9.53 Å². The molecule has 0 aromatic heterocycles. The van der Waals surface area contributed by atoms with Gasteiger partial charge in [-0.2, -0.15) is 0 Å². The summed E-state index contributed by atoms with van der Waals surface area (Å²) in [7, 11) is 0. The fourth-order valence-corrected chi connectivity index (χ4v) is 6.47. The number of fused-ring (bicyclic) bond motifs is 3. The second-order valence-corrected chi connectivity index (χ2v) is 10.2. The number of hydrogen-bond acceptors (Lipinski definition) is 5. The van der Waals surface area contributed by atoms with Gasteiger partial charge in [0.15, 0.2) is 11.7 Å². The molecule has 0 radical (unpaired) electrons. The molecule has 2 fully saturated rings. The van der Waals surface area contributed by atoms with Crippen molar-refractivity contribution < 1.29 is 19.7 Å². The third-order valence-electron chi connectivity index (χ3n) is 8.20. The Kier molecular flexibility index (Phi) is 5.42. The average Bonchev–Trinajstić information content (AvgIpc) is 3.18. The number of rotatable bonds is 4. The summed E-state index contributed by atoms with van der Waals surface area (Å²) >= 11 is 0. The summed E-state index contributed by atoms with van der Waals surface area (Å²) in [5, 5.41) is 21.6. The van der Waals surface area contributed by atoms with E-state index in [4.69, 9.17) is 4.74 Å². The zero-order valence-corrected chi connectivity index (χ0v) is 19.5. The number of allylic oxidation sites excluding steroid dienone is 4. The minimum Gasteiger partial charge on any atom is -0.443 e. The van der Waals surface area contributed by atoms with E-state index in [1.807, 2.05) is 39.0 Å². The number of carbonyl (C=O) groups excluding carboxylic acids is 1. The maximum atomic E-state index is 14.2. The van der Waals surface area contributed by atoms with Gasteiger partial charge in [0.05, 0.1) is 12.0 Å². The van der Waals surface area contributed by atoms with Gasteiger partial charge in [0.2, 0.25) is 0 Å². The average molecular weight is 426 g/mol. The standard InChI is InChI=1S/C26H35NO4/c1-7-9-27-19(8-2)31-23-14(3)12-26-15(4)10-18-20(25(18,5)6)17(24(26)30)11-16(13-28)22(29)21(23)26/h7,9,11-12,15,17-18,20,22,28-29H,8,10,13H2,1-6H3/b9-7-,27-19+/t15-,17+,18?,20?,22-,26-/m1/s1. The summed E-state index contributed by atoms with van der Waals surface area (Å²) in [6.07, 6.45) is 7.87. The number of aliphatic hydroxyl groups excluding tert-OH is 2. The molecular formula is C26H35NO4. The molecule has 5 nitrogen and oxygen atoms in total. The molecule has 168 valence electrons. The molecule has 4 rings (SSSR count). The van der Waals surface area contributed by atoms with Crippen molar-refractivity contribution in [2.45, 2.75) is 60.5 Å². The van der Waals surface area contributed by atoms with Gasteiger partial charge in [0, 0.05) is 24.1 Å². The van der Waals surface area contributed by atoms with E-state index in [2.05, 4.69) is 25.8 Å². The molecular weight excluding hydrogens is 390 g/mol. The lowest BCUT2D eigenvalue weighted by molar-refractivity contribution is -0.129. The van der Waals surface area contributed by atoms with E-state index in [1.54, 1.807) is 6.20 Å². The highest BCUT2D eigenvalue weighted by molar-refractivity contribution is 5.97. The van der Waals surface area contributed by atoms with Crippen LogP contribution < -0.4 is 0 Å². The highest BCUT2D eigenvalue weighted by Crippen LogP contribution is 2.70. The summed E-state index contributed by atoms with van der Waals surface area (Å²) in [6.45, 7) is 12.1. The maximum absolute atomic E-state index is 14.2. The number of nitrogens with zero attached hydrogens (tertiary/aromatic N) is 1. The lowest BCUT2D eigenvalue weighted by Crippen LogP contribution is -2.42. The highest BCUT2D eigenvalue weighted by Gasteiger charge is 2.69. The van der Waals surface area contributed by atoms with Gasteiger partial charge in [-0.3, -0.25) is 4.79 Å².